The largest absolute Gasteiger partial charge is 0.463 e. The molecule has 0 saturated carbocycles. The summed E-state index contributed by atoms with van der Waals surface area (Å²) in [5.41, 5.74) is 1.28. The maximum atomic E-state index is 12.3. The van der Waals surface area contributed by atoms with Crippen LogP contribution in [-0.4, -0.2) is 32.7 Å². The molecule has 0 aliphatic heterocycles. The molecule has 2 aromatic heterocycles. The first kappa shape index (κ1) is 13.0. The third-order valence-corrected chi connectivity index (χ3v) is 2.86. The van der Waals surface area contributed by atoms with Crippen LogP contribution in [0.2, 0.25) is 0 Å². The molecular weight excluding hydrogens is 270 g/mol. The van der Waals surface area contributed by atoms with Gasteiger partial charge in [-0.2, -0.15) is 4.98 Å². The number of anilines is 1. The Labute approximate surface area is 120 Å². The van der Waals surface area contributed by atoms with E-state index in [0.717, 1.165) is 10.9 Å². The Hall–Kier alpha value is -2.96. The number of nitrogens with one attached hydrogen (secondary N) is 2. The number of rotatable bonds is 4. The molecule has 0 atom stereocenters. The predicted molar refractivity (Wildman–Crippen MR) is 77.2 cm³/mol. The van der Waals surface area contributed by atoms with E-state index in [4.69, 9.17) is 4.74 Å². The molecule has 7 nitrogen and oxygen atoms in total. The standard InChI is InChI=1S/C14H13N5O2/c1-2-21-14-17-13(18-19-14)16-12(20)10-5-3-7-11-9(10)6-4-8-15-11/h3-8H,2H2,1H3,(H2,16,17,18,19,20). The predicted octanol–water partition coefficient (Wildman–Crippen LogP) is 2.00. The number of carbonyl (C=O) groups is 1. The molecule has 0 aliphatic carbocycles. The molecule has 3 aromatic rings. The van der Waals surface area contributed by atoms with Crippen LogP contribution in [0.1, 0.15) is 17.3 Å². The van der Waals surface area contributed by atoms with Gasteiger partial charge >= 0.3 is 6.01 Å². The SMILES string of the molecule is CCOc1n[nH]c(NC(=O)c2cccc3ncccc23)n1. The van der Waals surface area contributed by atoms with Crippen molar-refractivity contribution in [2.24, 2.45) is 0 Å². The summed E-state index contributed by atoms with van der Waals surface area (Å²) in [7, 11) is 0. The fourth-order valence-corrected chi connectivity index (χ4v) is 1.97. The fraction of sp³-hybridized carbons (Fsp3) is 0.143. The number of carbonyl (C=O) groups excluding carboxylic acids is 1. The second-order valence-electron chi connectivity index (χ2n) is 4.23. The lowest BCUT2D eigenvalue weighted by molar-refractivity contribution is 0.102. The fourth-order valence-electron chi connectivity index (χ4n) is 1.97. The summed E-state index contributed by atoms with van der Waals surface area (Å²) in [6.45, 7) is 2.29. The second-order valence-corrected chi connectivity index (χ2v) is 4.23. The Morgan fingerprint density at radius 1 is 1.33 bits per heavy atom. The van der Waals surface area contributed by atoms with Crippen LogP contribution in [0.5, 0.6) is 6.01 Å². The lowest BCUT2D eigenvalue weighted by Gasteiger charge is -2.05. The molecule has 2 N–H and O–H groups in total. The highest BCUT2D eigenvalue weighted by Crippen LogP contribution is 2.17. The topological polar surface area (TPSA) is 92.8 Å². The lowest BCUT2D eigenvalue weighted by atomic mass is 10.1. The molecule has 2 heterocycles. The molecule has 7 heteroatoms. The number of hydrogen-bond donors (Lipinski definition) is 2. The van der Waals surface area contributed by atoms with Crippen LogP contribution < -0.4 is 10.1 Å². The molecule has 1 aromatic carbocycles. The van der Waals surface area contributed by atoms with Crippen LogP contribution in [0, 0.1) is 0 Å². The Morgan fingerprint density at radius 2 is 2.24 bits per heavy atom. The molecule has 0 aliphatic rings. The number of nitrogens with zero attached hydrogens (tertiary/aromatic N) is 3. The van der Waals surface area contributed by atoms with Crippen molar-refractivity contribution in [1.82, 2.24) is 20.2 Å². The molecule has 0 bridgehead atoms. The molecule has 21 heavy (non-hydrogen) atoms. The van der Waals surface area contributed by atoms with Crippen molar-refractivity contribution < 1.29 is 9.53 Å². The van der Waals surface area contributed by atoms with Gasteiger partial charge in [-0.25, -0.2) is 5.10 Å². The van der Waals surface area contributed by atoms with E-state index in [2.05, 4.69) is 25.5 Å². The first-order valence-electron chi connectivity index (χ1n) is 6.48. The van der Waals surface area contributed by atoms with Crippen LogP contribution in [0.25, 0.3) is 10.9 Å². The summed E-state index contributed by atoms with van der Waals surface area (Å²) < 4.78 is 5.13. The van der Waals surface area contributed by atoms with E-state index in [-0.39, 0.29) is 17.9 Å². The number of aromatic amines is 1. The van der Waals surface area contributed by atoms with E-state index in [1.807, 2.05) is 19.1 Å². The van der Waals surface area contributed by atoms with Gasteiger partial charge in [0.2, 0.25) is 5.95 Å². The average molecular weight is 283 g/mol. The van der Waals surface area contributed by atoms with Gasteiger partial charge in [0.25, 0.3) is 5.91 Å². The van der Waals surface area contributed by atoms with Crippen molar-refractivity contribution >= 4 is 22.8 Å². The molecule has 0 spiro atoms. The summed E-state index contributed by atoms with van der Waals surface area (Å²) in [4.78, 5) is 20.6. The molecule has 106 valence electrons. The number of ether oxygens (including phenoxy) is 1. The number of H-pyrrole nitrogens is 1. The van der Waals surface area contributed by atoms with Crippen molar-refractivity contribution in [1.29, 1.82) is 0 Å². The minimum absolute atomic E-state index is 0.201. The van der Waals surface area contributed by atoms with Crippen LogP contribution >= 0.6 is 0 Å². The summed E-state index contributed by atoms with van der Waals surface area (Å²) >= 11 is 0. The number of benzene rings is 1. The van der Waals surface area contributed by atoms with Crippen LogP contribution in [0.3, 0.4) is 0 Å². The molecule has 0 saturated heterocycles. The zero-order chi connectivity index (χ0) is 14.7. The first-order valence-corrected chi connectivity index (χ1v) is 6.48. The van der Waals surface area contributed by atoms with E-state index >= 15 is 0 Å². The van der Waals surface area contributed by atoms with E-state index < -0.39 is 0 Å². The highest BCUT2D eigenvalue weighted by Gasteiger charge is 2.12. The Morgan fingerprint density at radius 3 is 3.10 bits per heavy atom. The van der Waals surface area contributed by atoms with Gasteiger partial charge in [-0.05, 0) is 25.1 Å². The molecule has 0 radical (unpaired) electrons. The monoisotopic (exact) mass is 283 g/mol. The Balaban J connectivity index is 1.86. The van der Waals surface area contributed by atoms with Gasteiger partial charge in [0, 0.05) is 17.1 Å². The number of hydrogen-bond acceptors (Lipinski definition) is 5. The highest BCUT2D eigenvalue weighted by molar-refractivity contribution is 6.11. The van der Waals surface area contributed by atoms with Crippen molar-refractivity contribution in [3.05, 3.63) is 42.1 Å². The number of fused-ring (bicyclic) bond motifs is 1. The van der Waals surface area contributed by atoms with Gasteiger partial charge in [-0.1, -0.05) is 12.1 Å². The summed E-state index contributed by atoms with van der Waals surface area (Å²) in [5.74, 6) is -0.0443. The molecule has 0 unspecified atom stereocenters. The number of amides is 1. The Bertz CT molecular complexity index is 778. The maximum Gasteiger partial charge on any atom is 0.337 e. The maximum absolute atomic E-state index is 12.3. The van der Waals surface area contributed by atoms with E-state index in [1.54, 1.807) is 24.4 Å². The van der Waals surface area contributed by atoms with Gasteiger partial charge in [0.05, 0.1) is 12.1 Å². The third kappa shape index (κ3) is 2.66. The quantitative estimate of drug-likeness (QED) is 0.764. The number of aromatic nitrogens is 4. The highest BCUT2D eigenvalue weighted by atomic mass is 16.5. The van der Waals surface area contributed by atoms with Crippen LogP contribution in [0.15, 0.2) is 36.5 Å². The van der Waals surface area contributed by atoms with E-state index in [0.29, 0.717) is 12.2 Å². The smallest absolute Gasteiger partial charge is 0.337 e. The minimum atomic E-state index is -0.284. The van der Waals surface area contributed by atoms with Gasteiger partial charge in [-0.15, -0.1) is 5.10 Å². The summed E-state index contributed by atoms with van der Waals surface area (Å²) in [5, 5.41) is 9.87. The van der Waals surface area contributed by atoms with Crippen molar-refractivity contribution in [3.8, 4) is 6.01 Å². The summed E-state index contributed by atoms with van der Waals surface area (Å²) in [6.07, 6.45) is 1.69. The van der Waals surface area contributed by atoms with Crippen molar-refractivity contribution in [2.75, 3.05) is 11.9 Å². The van der Waals surface area contributed by atoms with Crippen molar-refractivity contribution in [2.45, 2.75) is 6.92 Å². The van der Waals surface area contributed by atoms with Crippen LogP contribution in [0.4, 0.5) is 5.95 Å². The zero-order valence-corrected chi connectivity index (χ0v) is 11.3. The average Bonchev–Trinajstić information content (AvgIpc) is 2.94. The Kier molecular flexibility index (Phi) is 3.46. The van der Waals surface area contributed by atoms with Gasteiger partial charge in [0.1, 0.15) is 0 Å². The number of pyridine rings is 1. The normalized spacial score (nSPS) is 10.5. The van der Waals surface area contributed by atoms with E-state index in [1.165, 1.54) is 0 Å². The van der Waals surface area contributed by atoms with Crippen molar-refractivity contribution in [3.63, 3.8) is 0 Å². The second kappa shape index (κ2) is 5.58. The molecule has 0 fully saturated rings. The van der Waals surface area contributed by atoms with Gasteiger partial charge < -0.3 is 4.74 Å². The molecular formula is C14H13N5O2. The van der Waals surface area contributed by atoms with Crippen LogP contribution in [-0.2, 0) is 0 Å². The third-order valence-electron chi connectivity index (χ3n) is 2.86. The zero-order valence-electron chi connectivity index (χ0n) is 11.3. The molecule has 3 rings (SSSR count). The minimum Gasteiger partial charge on any atom is -0.463 e. The van der Waals surface area contributed by atoms with Gasteiger partial charge in [0.15, 0.2) is 0 Å². The first-order chi connectivity index (χ1) is 10.3. The lowest BCUT2D eigenvalue weighted by Crippen LogP contribution is -2.13. The van der Waals surface area contributed by atoms with Gasteiger partial charge in [-0.3, -0.25) is 15.1 Å². The summed E-state index contributed by atoms with van der Waals surface area (Å²) in [6, 6.07) is 9.22. The van der Waals surface area contributed by atoms with E-state index in [9.17, 15) is 4.79 Å². The molecule has 1 amide bonds.